The molecular formula is C19H20Cl2N6O3. The Morgan fingerprint density at radius 3 is 2.70 bits per heavy atom. The molecule has 0 atom stereocenters. The van der Waals surface area contributed by atoms with Crippen molar-refractivity contribution in [2.45, 2.75) is 32.1 Å². The molecule has 0 unspecified atom stereocenters. The number of allylic oxidation sites excluding steroid dienone is 1. The van der Waals surface area contributed by atoms with Gasteiger partial charge in [-0.1, -0.05) is 34.9 Å². The van der Waals surface area contributed by atoms with E-state index in [4.69, 9.17) is 23.2 Å². The van der Waals surface area contributed by atoms with Gasteiger partial charge in [-0.2, -0.15) is 0 Å². The summed E-state index contributed by atoms with van der Waals surface area (Å²) >= 11 is 11.8. The molecule has 1 aliphatic rings. The number of benzene rings is 1. The lowest BCUT2D eigenvalue weighted by Gasteiger charge is -2.14. The van der Waals surface area contributed by atoms with E-state index in [0.717, 1.165) is 19.3 Å². The van der Waals surface area contributed by atoms with E-state index in [2.05, 4.69) is 32.2 Å². The Morgan fingerprint density at radius 2 is 2.00 bits per heavy atom. The maximum absolute atomic E-state index is 12.3. The van der Waals surface area contributed by atoms with Crippen molar-refractivity contribution >= 4 is 46.4 Å². The second kappa shape index (κ2) is 10.2. The third-order valence-corrected chi connectivity index (χ3v) is 5.15. The van der Waals surface area contributed by atoms with E-state index in [1.54, 1.807) is 0 Å². The van der Waals surface area contributed by atoms with Crippen molar-refractivity contribution in [1.29, 1.82) is 0 Å². The van der Waals surface area contributed by atoms with Crippen LogP contribution in [0.4, 0.5) is 17.3 Å². The van der Waals surface area contributed by atoms with Gasteiger partial charge in [0.05, 0.1) is 15.5 Å². The fourth-order valence-electron chi connectivity index (χ4n) is 3.10. The monoisotopic (exact) mass is 450 g/mol. The minimum absolute atomic E-state index is 0.0766. The molecule has 30 heavy (non-hydrogen) atoms. The molecule has 9 nitrogen and oxygen atoms in total. The summed E-state index contributed by atoms with van der Waals surface area (Å²) in [6.45, 7) is 0.510. The summed E-state index contributed by atoms with van der Waals surface area (Å²) in [5, 5.41) is 15.1. The van der Waals surface area contributed by atoms with Gasteiger partial charge in [-0.15, -0.1) is 0 Å². The van der Waals surface area contributed by atoms with Crippen molar-refractivity contribution in [1.82, 2.24) is 15.4 Å². The third kappa shape index (κ3) is 5.58. The number of nitrogens with zero attached hydrogens (tertiary/aromatic N) is 3. The molecule has 0 saturated carbocycles. The predicted molar refractivity (Wildman–Crippen MR) is 116 cm³/mol. The fraction of sp³-hybridized carbons (Fsp3) is 0.316. The first kappa shape index (κ1) is 21.8. The van der Waals surface area contributed by atoms with Crippen LogP contribution in [0.2, 0.25) is 10.0 Å². The molecule has 1 amide bonds. The van der Waals surface area contributed by atoms with Crippen molar-refractivity contribution in [2.75, 3.05) is 17.3 Å². The van der Waals surface area contributed by atoms with Gasteiger partial charge in [-0.05, 0) is 50.3 Å². The van der Waals surface area contributed by atoms with Crippen LogP contribution in [-0.2, 0) is 0 Å². The van der Waals surface area contributed by atoms with E-state index in [0.29, 0.717) is 11.6 Å². The molecule has 0 spiro atoms. The Bertz CT molecular complexity index is 983. The van der Waals surface area contributed by atoms with Gasteiger partial charge in [0.25, 0.3) is 5.91 Å². The Hall–Kier alpha value is -2.91. The summed E-state index contributed by atoms with van der Waals surface area (Å²) < 4.78 is 0. The van der Waals surface area contributed by atoms with Crippen LogP contribution in [0.5, 0.6) is 0 Å². The highest BCUT2D eigenvalue weighted by molar-refractivity contribution is 6.36. The molecule has 1 aromatic heterocycles. The molecule has 0 radical (unpaired) electrons. The minimum atomic E-state index is -0.605. The van der Waals surface area contributed by atoms with Crippen LogP contribution in [0.1, 0.15) is 42.5 Å². The van der Waals surface area contributed by atoms with E-state index >= 15 is 0 Å². The molecule has 1 aliphatic carbocycles. The van der Waals surface area contributed by atoms with Gasteiger partial charge >= 0.3 is 5.69 Å². The molecule has 1 aromatic carbocycles. The number of amides is 1. The molecule has 1 heterocycles. The Balaban J connectivity index is 1.68. The van der Waals surface area contributed by atoms with Crippen LogP contribution in [0.15, 0.2) is 36.2 Å². The van der Waals surface area contributed by atoms with Gasteiger partial charge in [-0.25, -0.2) is 9.97 Å². The smallest absolute Gasteiger partial charge is 0.354 e. The van der Waals surface area contributed by atoms with Crippen molar-refractivity contribution in [3.05, 3.63) is 61.9 Å². The molecule has 0 saturated heterocycles. The number of hydrogen-bond donors (Lipinski definition) is 3. The topological polar surface area (TPSA) is 122 Å². The van der Waals surface area contributed by atoms with Gasteiger partial charge < -0.3 is 5.32 Å². The summed E-state index contributed by atoms with van der Waals surface area (Å²) in [4.78, 5) is 31.2. The summed E-state index contributed by atoms with van der Waals surface area (Å²) in [6, 6.07) is 4.39. The molecule has 3 rings (SSSR count). The zero-order valence-electron chi connectivity index (χ0n) is 16.0. The predicted octanol–water partition coefficient (Wildman–Crippen LogP) is 4.75. The van der Waals surface area contributed by atoms with Crippen molar-refractivity contribution < 1.29 is 9.72 Å². The number of nitro groups is 1. The standard InChI is InChI=1S/C19H20Cl2N6O3/c20-13-6-7-14(15(21)10-13)19(28)26-25-18-16(27(29)30)17(23-11-24-18)22-9-8-12-4-2-1-3-5-12/h4,6-7,10-11H,1-3,5,8-9H2,(H,26,28)(H2,22,23,24,25). The maximum atomic E-state index is 12.3. The van der Waals surface area contributed by atoms with Crippen molar-refractivity contribution in [2.24, 2.45) is 0 Å². The van der Waals surface area contributed by atoms with Crippen molar-refractivity contribution in [3.63, 3.8) is 0 Å². The van der Waals surface area contributed by atoms with Crippen LogP contribution < -0.4 is 16.2 Å². The van der Waals surface area contributed by atoms with Crippen LogP contribution in [0.3, 0.4) is 0 Å². The molecule has 0 fully saturated rings. The van der Waals surface area contributed by atoms with E-state index in [9.17, 15) is 14.9 Å². The first-order chi connectivity index (χ1) is 14.5. The van der Waals surface area contributed by atoms with Crippen LogP contribution in [-0.4, -0.2) is 27.3 Å². The Labute approximate surface area is 183 Å². The third-order valence-electron chi connectivity index (χ3n) is 4.60. The van der Waals surface area contributed by atoms with Crippen LogP contribution >= 0.6 is 23.2 Å². The number of anilines is 2. The molecule has 11 heteroatoms. The van der Waals surface area contributed by atoms with Gasteiger partial charge in [0, 0.05) is 11.6 Å². The average Bonchev–Trinajstić information content (AvgIpc) is 2.72. The van der Waals surface area contributed by atoms with Gasteiger partial charge in [0.2, 0.25) is 11.6 Å². The lowest BCUT2D eigenvalue weighted by molar-refractivity contribution is -0.383. The Morgan fingerprint density at radius 1 is 1.20 bits per heavy atom. The number of halogens is 2. The van der Waals surface area contributed by atoms with Gasteiger partial charge in [0.15, 0.2) is 0 Å². The maximum Gasteiger partial charge on any atom is 0.354 e. The molecule has 2 aromatic rings. The highest BCUT2D eigenvalue weighted by Gasteiger charge is 2.23. The second-order valence-electron chi connectivity index (χ2n) is 6.66. The number of nitrogens with one attached hydrogen (secondary N) is 3. The lowest BCUT2D eigenvalue weighted by atomic mass is 9.97. The molecular weight excluding hydrogens is 431 g/mol. The quantitative estimate of drug-likeness (QED) is 0.301. The first-order valence-electron chi connectivity index (χ1n) is 9.38. The lowest BCUT2D eigenvalue weighted by Crippen LogP contribution is -2.30. The molecule has 158 valence electrons. The van der Waals surface area contributed by atoms with Gasteiger partial charge in [-0.3, -0.25) is 25.8 Å². The second-order valence-corrected chi connectivity index (χ2v) is 7.51. The SMILES string of the molecule is O=C(NNc1ncnc(NCCC2=CCCCC2)c1[N+](=O)[O-])c1ccc(Cl)cc1Cl. The summed E-state index contributed by atoms with van der Waals surface area (Å²) in [7, 11) is 0. The number of aromatic nitrogens is 2. The summed E-state index contributed by atoms with van der Waals surface area (Å²) in [6.07, 6.45) is 8.70. The zero-order valence-corrected chi connectivity index (χ0v) is 17.5. The molecule has 0 bridgehead atoms. The Kier molecular flexibility index (Phi) is 7.42. The van der Waals surface area contributed by atoms with Crippen LogP contribution in [0, 0.1) is 10.1 Å². The normalized spacial score (nSPS) is 13.3. The summed E-state index contributed by atoms with van der Waals surface area (Å²) in [5.74, 6) is -0.663. The fourth-order valence-corrected chi connectivity index (χ4v) is 3.60. The highest BCUT2D eigenvalue weighted by atomic mass is 35.5. The number of hydrazine groups is 1. The zero-order chi connectivity index (χ0) is 21.5. The van der Waals surface area contributed by atoms with Crippen LogP contribution in [0.25, 0.3) is 0 Å². The number of rotatable bonds is 8. The number of carbonyl (C=O) groups excluding carboxylic acids is 1. The highest BCUT2D eigenvalue weighted by Crippen LogP contribution is 2.29. The van der Waals surface area contributed by atoms with Gasteiger partial charge in [0.1, 0.15) is 6.33 Å². The van der Waals surface area contributed by atoms with E-state index in [1.807, 2.05) is 0 Å². The first-order valence-corrected chi connectivity index (χ1v) is 10.1. The minimum Gasteiger partial charge on any atom is -0.364 e. The van der Waals surface area contributed by atoms with E-state index in [1.165, 1.54) is 42.9 Å². The molecule has 0 aliphatic heterocycles. The van der Waals surface area contributed by atoms with E-state index in [-0.39, 0.29) is 27.9 Å². The number of carbonyl (C=O) groups is 1. The molecule has 3 N–H and O–H groups in total. The van der Waals surface area contributed by atoms with Crippen molar-refractivity contribution in [3.8, 4) is 0 Å². The number of hydrogen-bond acceptors (Lipinski definition) is 7. The average molecular weight is 451 g/mol. The van der Waals surface area contributed by atoms with E-state index < -0.39 is 10.8 Å². The largest absolute Gasteiger partial charge is 0.364 e. The summed E-state index contributed by atoms with van der Waals surface area (Å²) in [5.41, 5.74) is 5.97.